The standard InChI is InChI=1S/C7H6O.C6H13NO5/c8-6-7-4-2-1-3-5-7;7-3-5(10)4(9)2(1-8)12-6(3)11/h1-6H;2-6,8-11H,1,7H2/t;2-,3-,4-,5-,6?/m.1/s1. The topological polar surface area (TPSA) is 133 Å². The second-order valence-corrected chi connectivity index (χ2v) is 4.33. The fraction of sp³-hybridized carbons (Fsp3) is 0.462. The van der Waals surface area contributed by atoms with E-state index in [1.165, 1.54) is 0 Å². The van der Waals surface area contributed by atoms with Gasteiger partial charge in [0, 0.05) is 5.56 Å². The molecule has 2 rings (SSSR count). The van der Waals surface area contributed by atoms with Crippen LogP contribution in [0.3, 0.4) is 0 Å². The van der Waals surface area contributed by atoms with E-state index in [0.717, 1.165) is 11.8 Å². The van der Waals surface area contributed by atoms with Crippen LogP contribution < -0.4 is 5.73 Å². The van der Waals surface area contributed by atoms with Crippen LogP contribution in [0, 0.1) is 0 Å². The Morgan fingerprint density at radius 2 is 1.75 bits per heavy atom. The second kappa shape index (κ2) is 8.05. The smallest absolute Gasteiger partial charge is 0.173 e. The molecule has 5 atom stereocenters. The molecule has 0 radical (unpaired) electrons. The van der Waals surface area contributed by atoms with E-state index in [-0.39, 0.29) is 0 Å². The molecule has 7 nitrogen and oxygen atoms in total. The fourth-order valence-electron chi connectivity index (χ4n) is 1.65. The molecule has 1 aliphatic rings. The van der Waals surface area contributed by atoms with Gasteiger partial charge >= 0.3 is 0 Å². The van der Waals surface area contributed by atoms with Gasteiger partial charge in [0.15, 0.2) is 6.29 Å². The summed E-state index contributed by atoms with van der Waals surface area (Å²) in [7, 11) is 0. The van der Waals surface area contributed by atoms with E-state index >= 15 is 0 Å². The van der Waals surface area contributed by atoms with Crippen LogP contribution >= 0.6 is 0 Å². The van der Waals surface area contributed by atoms with E-state index in [0.29, 0.717) is 0 Å². The Bertz CT molecular complexity index is 396. The van der Waals surface area contributed by atoms with Crippen molar-refractivity contribution < 1.29 is 30.0 Å². The first kappa shape index (κ1) is 16.7. The Hall–Kier alpha value is -1.35. The Kier molecular flexibility index (Phi) is 6.73. The van der Waals surface area contributed by atoms with Gasteiger partial charge in [-0.1, -0.05) is 30.3 Å². The van der Waals surface area contributed by atoms with Crippen LogP contribution in [-0.2, 0) is 4.74 Å². The van der Waals surface area contributed by atoms with Crippen molar-refractivity contribution in [3.63, 3.8) is 0 Å². The number of carbonyl (C=O) groups is 1. The van der Waals surface area contributed by atoms with E-state index in [1.54, 1.807) is 12.1 Å². The molecule has 1 unspecified atom stereocenters. The van der Waals surface area contributed by atoms with Crippen LogP contribution in [0.1, 0.15) is 10.4 Å². The van der Waals surface area contributed by atoms with Gasteiger partial charge in [-0.15, -0.1) is 0 Å². The molecular formula is C13H19NO6. The predicted molar refractivity (Wildman–Crippen MR) is 69.8 cm³/mol. The Labute approximate surface area is 116 Å². The largest absolute Gasteiger partial charge is 0.394 e. The van der Waals surface area contributed by atoms with Crippen molar-refractivity contribution in [2.45, 2.75) is 30.6 Å². The fourth-order valence-corrected chi connectivity index (χ4v) is 1.65. The average molecular weight is 285 g/mol. The van der Waals surface area contributed by atoms with Crippen LogP contribution in [0.5, 0.6) is 0 Å². The number of ether oxygens (including phenoxy) is 1. The zero-order valence-electron chi connectivity index (χ0n) is 10.7. The lowest BCUT2D eigenvalue weighted by Gasteiger charge is -2.38. The Balaban J connectivity index is 0.000000217. The summed E-state index contributed by atoms with van der Waals surface area (Å²) in [6.07, 6.45) is -4.02. The van der Waals surface area contributed by atoms with Crippen LogP contribution in [0.2, 0.25) is 0 Å². The minimum absolute atomic E-state index is 0.470. The maximum absolute atomic E-state index is 10.0. The van der Waals surface area contributed by atoms with Gasteiger partial charge in [0.2, 0.25) is 0 Å². The first-order valence-electron chi connectivity index (χ1n) is 6.07. The van der Waals surface area contributed by atoms with Crippen molar-refractivity contribution in [1.29, 1.82) is 0 Å². The van der Waals surface area contributed by atoms with E-state index in [9.17, 15) is 15.0 Å². The molecule has 7 heteroatoms. The van der Waals surface area contributed by atoms with E-state index in [1.807, 2.05) is 18.2 Å². The summed E-state index contributed by atoms with van der Waals surface area (Å²) in [6, 6.07) is 8.06. The van der Waals surface area contributed by atoms with Crippen molar-refractivity contribution >= 4 is 6.29 Å². The van der Waals surface area contributed by atoms with Gasteiger partial charge in [-0.2, -0.15) is 0 Å². The molecule has 20 heavy (non-hydrogen) atoms. The van der Waals surface area contributed by atoms with Gasteiger partial charge in [0.1, 0.15) is 24.6 Å². The number of hydrogen-bond acceptors (Lipinski definition) is 7. The van der Waals surface area contributed by atoms with E-state index < -0.39 is 37.3 Å². The minimum Gasteiger partial charge on any atom is -0.394 e. The summed E-state index contributed by atoms with van der Waals surface area (Å²) >= 11 is 0. The lowest BCUT2D eigenvalue weighted by atomic mass is 9.98. The quantitative estimate of drug-likeness (QED) is 0.407. The zero-order chi connectivity index (χ0) is 15.1. The van der Waals surface area contributed by atoms with Crippen molar-refractivity contribution in [3.8, 4) is 0 Å². The first-order chi connectivity index (χ1) is 9.51. The van der Waals surface area contributed by atoms with Gasteiger partial charge in [0.25, 0.3) is 0 Å². The molecule has 0 aliphatic carbocycles. The summed E-state index contributed by atoms with van der Waals surface area (Å²) in [6.45, 7) is -0.470. The molecule has 1 saturated heterocycles. The number of hydrogen-bond donors (Lipinski definition) is 5. The highest BCUT2D eigenvalue weighted by Crippen LogP contribution is 2.17. The van der Waals surface area contributed by atoms with E-state index in [2.05, 4.69) is 0 Å². The summed E-state index contributed by atoms with van der Waals surface area (Å²) < 4.78 is 4.70. The van der Waals surface area contributed by atoms with Crippen LogP contribution in [0.15, 0.2) is 30.3 Å². The minimum atomic E-state index is -1.35. The van der Waals surface area contributed by atoms with Gasteiger partial charge in [-0.3, -0.25) is 4.79 Å². The number of carbonyl (C=O) groups excluding carboxylic acids is 1. The van der Waals surface area contributed by atoms with Gasteiger partial charge in [-0.25, -0.2) is 0 Å². The highest BCUT2D eigenvalue weighted by Gasteiger charge is 2.41. The molecule has 0 aromatic heterocycles. The summed E-state index contributed by atoms with van der Waals surface area (Å²) in [5.74, 6) is 0. The second-order valence-electron chi connectivity index (χ2n) is 4.33. The highest BCUT2D eigenvalue weighted by molar-refractivity contribution is 5.74. The molecule has 1 aromatic rings. The zero-order valence-corrected chi connectivity index (χ0v) is 10.7. The van der Waals surface area contributed by atoms with Gasteiger partial charge in [0.05, 0.1) is 12.6 Å². The number of rotatable bonds is 2. The molecule has 1 fully saturated rings. The van der Waals surface area contributed by atoms with Gasteiger partial charge < -0.3 is 30.9 Å². The lowest BCUT2D eigenvalue weighted by Crippen LogP contribution is -2.61. The van der Waals surface area contributed by atoms with Crippen molar-refractivity contribution in [1.82, 2.24) is 0 Å². The lowest BCUT2D eigenvalue weighted by molar-refractivity contribution is -0.248. The predicted octanol–water partition coefficient (Wildman–Crippen LogP) is -1.76. The van der Waals surface area contributed by atoms with Gasteiger partial charge in [-0.05, 0) is 0 Å². The van der Waals surface area contributed by atoms with Crippen molar-refractivity contribution in [3.05, 3.63) is 35.9 Å². The number of aldehydes is 1. The number of aliphatic hydroxyl groups excluding tert-OH is 4. The molecule has 0 spiro atoms. The number of benzene rings is 1. The Morgan fingerprint density at radius 3 is 2.20 bits per heavy atom. The summed E-state index contributed by atoms with van der Waals surface area (Å²) in [5.41, 5.74) is 5.99. The van der Waals surface area contributed by atoms with Crippen LogP contribution in [0.25, 0.3) is 0 Å². The number of nitrogens with two attached hydrogens (primary N) is 1. The normalized spacial score (nSPS) is 33.0. The first-order valence-corrected chi connectivity index (χ1v) is 6.07. The SMILES string of the molecule is N[C@H]1C(O)O[C@H](CO)[C@@H](O)[C@@H]1O.O=Cc1ccccc1. The Morgan fingerprint density at radius 1 is 1.15 bits per heavy atom. The molecular weight excluding hydrogens is 266 g/mol. The molecule has 1 heterocycles. The van der Waals surface area contributed by atoms with Crippen LogP contribution in [-0.4, -0.2) is 64.0 Å². The monoisotopic (exact) mass is 285 g/mol. The van der Waals surface area contributed by atoms with E-state index in [4.69, 9.17) is 20.7 Å². The third-order valence-electron chi connectivity index (χ3n) is 2.88. The summed E-state index contributed by atoms with van der Waals surface area (Å²) in [5, 5.41) is 36.1. The summed E-state index contributed by atoms with van der Waals surface area (Å²) in [4.78, 5) is 10.0. The maximum atomic E-state index is 10.0. The number of aliphatic hydroxyl groups is 4. The maximum Gasteiger partial charge on any atom is 0.173 e. The molecule has 112 valence electrons. The molecule has 6 N–H and O–H groups in total. The third-order valence-corrected chi connectivity index (χ3v) is 2.88. The average Bonchev–Trinajstić information content (AvgIpc) is 2.50. The van der Waals surface area contributed by atoms with Crippen molar-refractivity contribution in [2.75, 3.05) is 6.61 Å². The molecule has 0 saturated carbocycles. The third kappa shape index (κ3) is 4.34. The van der Waals surface area contributed by atoms with Crippen molar-refractivity contribution in [2.24, 2.45) is 5.73 Å². The molecule has 1 aliphatic heterocycles. The van der Waals surface area contributed by atoms with Crippen LogP contribution in [0.4, 0.5) is 0 Å². The molecule has 0 amide bonds. The highest BCUT2D eigenvalue weighted by atomic mass is 16.6. The molecule has 1 aromatic carbocycles. The molecule has 0 bridgehead atoms.